The largest absolute Gasteiger partial charge is 0.569 e. The Kier molecular flexibility index (Phi) is 2.81. The molecule has 0 saturated heterocycles. The lowest BCUT2D eigenvalue weighted by Gasteiger charge is -1.96. The molecule has 1 aliphatic rings. The average Bonchev–Trinajstić information content (AvgIpc) is 2.04. The first-order chi connectivity index (χ1) is 5.61. The van der Waals surface area contributed by atoms with E-state index in [0.717, 1.165) is 0 Å². The maximum Gasteiger partial charge on any atom is 0.569 e. The Labute approximate surface area is 70.5 Å². The van der Waals surface area contributed by atoms with Gasteiger partial charge in [-0.15, -0.1) is 0 Å². The Hall–Kier alpha value is -0.900. The summed E-state index contributed by atoms with van der Waals surface area (Å²) in [6.07, 6.45) is 6.53. The molecule has 0 saturated carbocycles. The molecule has 0 aromatic carbocycles. The lowest BCUT2D eigenvalue weighted by Crippen LogP contribution is -2.18. The fourth-order valence-corrected chi connectivity index (χ4v) is 0.770. The van der Waals surface area contributed by atoms with Gasteiger partial charge in [-0.25, -0.2) is 0 Å². The molecule has 1 rings (SSSR count). The lowest BCUT2D eigenvalue weighted by atomic mass is 9.71. The van der Waals surface area contributed by atoms with E-state index < -0.39 is 14.2 Å². The minimum absolute atomic E-state index is 0.194. The maximum absolute atomic E-state index is 8.66. The molecule has 4 N–H and O–H groups in total. The third-order valence-corrected chi connectivity index (χ3v) is 1.44. The second-order valence-corrected chi connectivity index (χ2v) is 2.32. The van der Waals surface area contributed by atoms with Crippen molar-refractivity contribution in [2.45, 2.75) is 0 Å². The van der Waals surface area contributed by atoms with Crippen LogP contribution < -0.4 is 0 Å². The number of rotatable bonds is 2. The molecule has 12 heavy (non-hydrogen) atoms. The average molecular weight is 165 g/mol. The van der Waals surface area contributed by atoms with E-state index in [1.165, 1.54) is 18.2 Å². The van der Waals surface area contributed by atoms with Crippen LogP contribution in [0.2, 0.25) is 0 Å². The summed E-state index contributed by atoms with van der Waals surface area (Å²) in [5.74, 6) is 0. The first-order valence-corrected chi connectivity index (χ1v) is 3.35. The SMILES string of the molecule is OB(O)C1=[C+]C=C(B(O)O)C=C1. The van der Waals surface area contributed by atoms with Gasteiger partial charge in [0.25, 0.3) is 0 Å². The quantitative estimate of drug-likeness (QED) is 0.288. The van der Waals surface area contributed by atoms with Crippen LogP contribution in [0.3, 0.4) is 0 Å². The van der Waals surface area contributed by atoms with Crippen LogP contribution in [0.4, 0.5) is 0 Å². The standard InChI is InChI=1S/C6H7B2O4/c9-7(10)5-1-2-6(4-3-5)8(11)12/h1-3,9-12H/q+1. The molecule has 4 nitrogen and oxygen atoms in total. The Balaban J connectivity index is 2.76. The van der Waals surface area contributed by atoms with Gasteiger partial charge in [0.2, 0.25) is 0 Å². The van der Waals surface area contributed by atoms with Crippen LogP contribution in [0, 0.1) is 6.08 Å². The highest BCUT2D eigenvalue weighted by Crippen LogP contribution is 2.10. The van der Waals surface area contributed by atoms with Crippen molar-refractivity contribution in [3.63, 3.8) is 0 Å². The molecular formula is C6H7B2O4+. The van der Waals surface area contributed by atoms with E-state index in [-0.39, 0.29) is 10.9 Å². The summed E-state index contributed by atoms with van der Waals surface area (Å²) in [5.41, 5.74) is 0.457. The molecule has 0 bridgehead atoms. The summed E-state index contributed by atoms with van der Waals surface area (Å²) in [5, 5.41) is 34.6. The van der Waals surface area contributed by atoms with Gasteiger partial charge in [-0.3, -0.25) is 0 Å². The topological polar surface area (TPSA) is 80.9 Å². The van der Waals surface area contributed by atoms with Crippen molar-refractivity contribution in [3.05, 3.63) is 35.2 Å². The predicted molar refractivity (Wildman–Crippen MR) is 44.4 cm³/mol. The highest BCUT2D eigenvalue weighted by Gasteiger charge is 2.26. The molecule has 0 unspecified atom stereocenters. The van der Waals surface area contributed by atoms with Gasteiger partial charge in [-0.05, 0) is 0 Å². The van der Waals surface area contributed by atoms with Crippen molar-refractivity contribution in [2.24, 2.45) is 0 Å². The van der Waals surface area contributed by atoms with Crippen LogP contribution in [-0.4, -0.2) is 34.3 Å². The molecule has 0 spiro atoms. The zero-order valence-electron chi connectivity index (χ0n) is 6.18. The smallest absolute Gasteiger partial charge is 0.421 e. The molecule has 1 aliphatic carbocycles. The van der Waals surface area contributed by atoms with E-state index in [4.69, 9.17) is 20.1 Å². The predicted octanol–water partition coefficient (Wildman–Crippen LogP) is -1.76. The van der Waals surface area contributed by atoms with Crippen LogP contribution >= 0.6 is 0 Å². The number of hydrogen-bond donors (Lipinski definition) is 4. The Morgan fingerprint density at radius 1 is 1.00 bits per heavy atom. The number of allylic oxidation sites excluding steroid dienone is 6. The summed E-state index contributed by atoms with van der Waals surface area (Å²) >= 11 is 0. The fraction of sp³-hybridized carbons (Fsp3) is 0. The van der Waals surface area contributed by atoms with E-state index >= 15 is 0 Å². The Morgan fingerprint density at radius 3 is 2.00 bits per heavy atom. The first kappa shape index (κ1) is 9.19. The van der Waals surface area contributed by atoms with Crippen LogP contribution in [0.25, 0.3) is 0 Å². The molecular weight excluding hydrogens is 158 g/mol. The summed E-state index contributed by atoms with van der Waals surface area (Å²) in [7, 11) is -3.12. The van der Waals surface area contributed by atoms with Crippen LogP contribution in [0.15, 0.2) is 29.2 Å². The molecule has 0 aromatic heterocycles. The zero-order chi connectivity index (χ0) is 9.14. The molecule has 6 heteroatoms. The highest BCUT2D eigenvalue weighted by molar-refractivity contribution is 6.53. The molecule has 0 atom stereocenters. The third-order valence-electron chi connectivity index (χ3n) is 1.44. The monoisotopic (exact) mass is 165 g/mol. The van der Waals surface area contributed by atoms with Crippen LogP contribution in [0.5, 0.6) is 0 Å². The van der Waals surface area contributed by atoms with Crippen molar-refractivity contribution in [2.75, 3.05) is 0 Å². The van der Waals surface area contributed by atoms with E-state index in [1.807, 2.05) is 0 Å². The van der Waals surface area contributed by atoms with E-state index in [9.17, 15) is 0 Å². The van der Waals surface area contributed by atoms with E-state index in [0.29, 0.717) is 0 Å². The molecule has 60 valence electrons. The summed E-state index contributed by atoms with van der Waals surface area (Å²) in [6, 6.07) is 0. The zero-order valence-corrected chi connectivity index (χ0v) is 6.18. The van der Waals surface area contributed by atoms with Crippen molar-refractivity contribution in [1.29, 1.82) is 0 Å². The fourth-order valence-electron chi connectivity index (χ4n) is 0.770. The normalized spacial score (nSPS) is 14.7. The minimum atomic E-state index is -1.57. The van der Waals surface area contributed by atoms with E-state index in [1.54, 1.807) is 0 Å². The van der Waals surface area contributed by atoms with Crippen LogP contribution in [-0.2, 0) is 0 Å². The number of hydrogen-bond acceptors (Lipinski definition) is 4. The van der Waals surface area contributed by atoms with Gasteiger partial charge < -0.3 is 20.1 Å². The van der Waals surface area contributed by atoms with Gasteiger partial charge in [-0.1, -0.05) is 0 Å². The Morgan fingerprint density at radius 2 is 1.67 bits per heavy atom. The summed E-state index contributed by atoms with van der Waals surface area (Å²) in [4.78, 5) is 0. The third kappa shape index (κ3) is 2.04. The van der Waals surface area contributed by atoms with Crippen molar-refractivity contribution >= 4 is 14.2 Å². The first-order valence-electron chi connectivity index (χ1n) is 3.35. The second-order valence-electron chi connectivity index (χ2n) is 2.32. The molecule has 0 aliphatic heterocycles. The van der Waals surface area contributed by atoms with Crippen molar-refractivity contribution in [3.8, 4) is 0 Å². The maximum atomic E-state index is 8.66. The molecule has 0 radical (unpaired) electrons. The summed E-state index contributed by atoms with van der Waals surface area (Å²) < 4.78 is 0. The molecule has 0 fully saturated rings. The van der Waals surface area contributed by atoms with Gasteiger partial charge in [0.15, 0.2) is 0 Å². The van der Waals surface area contributed by atoms with E-state index in [2.05, 4.69) is 6.08 Å². The summed E-state index contributed by atoms with van der Waals surface area (Å²) in [6.45, 7) is 0. The van der Waals surface area contributed by atoms with Crippen molar-refractivity contribution in [1.82, 2.24) is 0 Å². The van der Waals surface area contributed by atoms with Crippen LogP contribution in [0.1, 0.15) is 0 Å². The van der Waals surface area contributed by atoms with Crippen molar-refractivity contribution < 1.29 is 20.1 Å². The molecule has 0 heterocycles. The minimum Gasteiger partial charge on any atom is -0.421 e. The van der Waals surface area contributed by atoms with Gasteiger partial charge in [0, 0.05) is 18.2 Å². The lowest BCUT2D eigenvalue weighted by molar-refractivity contribution is 0.417. The molecule has 0 aromatic rings. The van der Waals surface area contributed by atoms with Gasteiger partial charge >= 0.3 is 14.2 Å². The second kappa shape index (κ2) is 3.67. The van der Waals surface area contributed by atoms with Gasteiger partial charge in [-0.2, -0.15) is 0 Å². The Bertz CT molecular complexity index is 228. The van der Waals surface area contributed by atoms with Gasteiger partial charge in [0.1, 0.15) is 5.47 Å². The van der Waals surface area contributed by atoms with Gasteiger partial charge in [0.05, 0.1) is 11.5 Å². The highest BCUT2D eigenvalue weighted by atomic mass is 16.4. The molecule has 0 amide bonds.